The van der Waals surface area contributed by atoms with Gasteiger partial charge < -0.3 is 14.1 Å². The fourth-order valence-corrected chi connectivity index (χ4v) is 3.39. The third kappa shape index (κ3) is 23.8. The molecular weight excluding hydrogens is 353 g/mol. The van der Waals surface area contributed by atoms with Crippen molar-refractivity contribution < 1.29 is 14.1 Å². The van der Waals surface area contributed by atoms with Gasteiger partial charge in [0, 0.05) is 8.43 Å². The Morgan fingerprint density at radius 2 is 1.33 bits per heavy atom. The summed E-state index contributed by atoms with van der Waals surface area (Å²) < 4.78 is 6.32. The van der Waals surface area contributed by atoms with Gasteiger partial charge >= 0.3 is 0 Å². The van der Waals surface area contributed by atoms with Gasteiger partial charge in [-0.05, 0) is 32.1 Å². The monoisotopic (exact) mass is 399 g/mol. The summed E-state index contributed by atoms with van der Waals surface area (Å²) in [6.07, 6.45) is 22.2. The fourth-order valence-electron chi connectivity index (χ4n) is 2.82. The third-order valence-corrected chi connectivity index (χ3v) is 5.41. The smallest absolute Gasteiger partial charge is 0.106 e. The Bertz CT molecular complexity index is 375. The molecule has 0 saturated heterocycles. The number of allylic oxidation sites excluding steroid dienone is 2. The highest BCUT2D eigenvalue weighted by atomic mass is 31.1. The maximum absolute atomic E-state index is 11.7. The van der Waals surface area contributed by atoms with Crippen LogP contribution in [0, 0.1) is 0 Å². The summed E-state index contributed by atoms with van der Waals surface area (Å²) in [4.78, 5) is 0. The number of likely N-dealkylation sites (N-methyl/N-ethyl adjacent to an activating group) is 1. The van der Waals surface area contributed by atoms with Gasteiger partial charge in [-0.15, -0.1) is 5.48 Å². The number of hydrogen-bond donors (Lipinski definition) is 0. The van der Waals surface area contributed by atoms with Crippen LogP contribution in [0.4, 0.5) is 0 Å². The van der Waals surface area contributed by atoms with Crippen molar-refractivity contribution in [3.63, 3.8) is 0 Å². The van der Waals surface area contributed by atoms with E-state index in [0.717, 1.165) is 17.4 Å². The molecule has 0 saturated carbocycles. The summed E-state index contributed by atoms with van der Waals surface area (Å²) in [5.41, 5.74) is 0.231. The van der Waals surface area contributed by atoms with E-state index in [1.54, 1.807) is 0 Å². The Kier molecular flexibility index (Phi) is 19.0. The first kappa shape index (κ1) is 26.8. The van der Waals surface area contributed by atoms with Crippen molar-refractivity contribution >= 4 is 13.9 Å². The van der Waals surface area contributed by atoms with Crippen LogP contribution in [0.2, 0.25) is 0 Å². The maximum Gasteiger partial charge on any atom is 0.106 e. The van der Waals surface area contributed by atoms with Crippen LogP contribution < -0.4 is 5.11 Å². The van der Waals surface area contributed by atoms with Gasteiger partial charge in [0.05, 0.1) is 21.1 Å². The van der Waals surface area contributed by atoms with Gasteiger partial charge in [-0.3, -0.25) is 0 Å². The SMILES string of the molecule is CCCCCCCC/C=C\CCCCCCCC([O-])=POCC[N+](C)(C)C. The largest absolute Gasteiger partial charge is 0.826 e. The molecule has 0 radical (unpaired) electrons. The van der Waals surface area contributed by atoms with Crippen molar-refractivity contribution in [1.29, 1.82) is 0 Å². The van der Waals surface area contributed by atoms with Gasteiger partial charge in [0.2, 0.25) is 0 Å². The third-order valence-electron chi connectivity index (χ3n) is 4.67. The highest BCUT2D eigenvalue weighted by Gasteiger charge is 2.04. The van der Waals surface area contributed by atoms with Crippen LogP contribution in [0.3, 0.4) is 0 Å². The van der Waals surface area contributed by atoms with Crippen LogP contribution in [-0.2, 0) is 4.52 Å². The Morgan fingerprint density at radius 3 is 1.89 bits per heavy atom. The van der Waals surface area contributed by atoms with E-state index >= 15 is 0 Å². The van der Waals surface area contributed by atoms with Gasteiger partial charge in [0.1, 0.15) is 13.2 Å². The lowest BCUT2D eigenvalue weighted by Gasteiger charge is -2.23. The van der Waals surface area contributed by atoms with Crippen LogP contribution in [0.25, 0.3) is 0 Å². The first-order valence-electron chi connectivity index (χ1n) is 11.3. The molecule has 0 amide bonds. The summed E-state index contributed by atoms with van der Waals surface area (Å²) in [5, 5.41) is 11.7. The minimum Gasteiger partial charge on any atom is -0.826 e. The van der Waals surface area contributed by atoms with Crippen molar-refractivity contribution in [2.24, 2.45) is 0 Å². The molecule has 0 aromatic rings. The van der Waals surface area contributed by atoms with E-state index in [0.29, 0.717) is 21.5 Å². The molecule has 0 aliphatic rings. The normalized spacial score (nSPS) is 13.0. The van der Waals surface area contributed by atoms with Gasteiger partial charge in [0.25, 0.3) is 0 Å². The molecule has 0 rings (SSSR count). The van der Waals surface area contributed by atoms with Gasteiger partial charge in [-0.2, -0.15) is 0 Å². The summed E-state index contributed by atoms with van der Waals surface area (Å²) in [6, 6.07) is 0. The maximum atomic E-state index is 11.7. The Balaban J connectivity index is 3.33. The summed E-state index contributed by atoms with van der Waals surface area (Å²) >= 11 is 0. The highest BCUT2D eigenvalue weighted by molar-refractivity contribution is 7.34. The van der Waals surface area contributed by atoms with Crippen LogP contribution in [0.5, 0.6) is 0 Å². The number of hydrogen-bond acceptors (Lipinski definition) is 2. The van der Waals surface area contributed by atoms with Crippen molar-refractivity contribution in [1.82, 2.24) is 0 Å². The molecule has 0 aromatic heterocycles. The predicted octanol–water partition coefficient (Wildman–Crippen LogP) is 6.10. The first-order chi connectivity index (χ1) is 13.0. The van der Waals surface area contributed by atoms with E-state index < -0.39 is 0 Å². The average molecular weight is 400 g/mol. The molecule has 0 aliphatic heterocycles. The van der Waals surface area contributed by atoms with Crippen LogP contribution in [-0.4, -0.2) is 44.3 Å². The number of unbranched alkanes of at least 4 members (excludes halogenated alkanes) is 11. The van der Waals surface area contributed by atoms with Crippen molar-refractivity contribution in [2.75, 3.05) is 34.3 Å². The van der Waals surface area contributed by atoms with E-state index in [4.69, 9.17) is 4.52 Å². The summed E-state index contributed by atoms with van der Waals surface area (Å²) in [6.45, 7) is 3.86. The molecule has 0 unspecified atom stereocenters. The standard InChI is InChI=1S/C23H46NO2P/c1-5-6-7-8-9-10-11-12-13-14-15-16-17-18-19-20-23(25)27-26-22-21-24(2,3)4/h12-13H,5-11,14-22H2,1-4H3/b13-12-. The van der Waals surface area contributed by atoms with E-state index in [1.807, 2.05) is 0 Å². The average Bonchev–Trinajstić information content (AvgIpc) is 2.61. The fraction of sp³-hybridized carbons (Fsp3) is 0.870. The number of rotatable bonds is 19. The zero-order chi connectivity index (χ0) is 20.2. The lowest BCUT2D eigenvalue weighted by Crippen LogP contribution is -2.37. The van der Waals surface area contributed by atoms with Crippen molar-refractivity contribution in [3.8, 4) is 0 Å². The molecule has 0 N–H and O–H groups in total. The van der Waals surface area contributed by atoms with Crippen LogP contribution >= 0.6 is 8.43 Å². The second kappa shape index (κ2) is 19.1. The topological polar surface area (TPSA) is 32.3 Å². The minimum absolute atomic E-state index is 0.231. The van der Waals surface area contributed by atoms with Gasteiger partial charge in [-0.1, -0.05) is 76.9 Å². The predicted molar refractivity (Wildman–Crippen MR) is 120 cm³/mol. The molecule has 0 aliphatic carbocycles. The summed E-state index contributed by atoms with van der Waals surface area (Å²) in [7, 11) is 6.94. The lowest BCUT2D eigenvalue weighted by molar-refractivity contribution is -0.870. The Morgan fingerprint density at radius 1 is 0.815 bits per heavy atom. The van der Waals surface area contributed by atoms with Gasteiger partial charge in [-0.25, -0.2) is 0 Å². The lowest BCUT2D eigenvalue weighted by atomic mass is 10.1. The van der Waals surface area contributed by atoms with Gasteiger partial charge in [0.15, 0.2) is 0 Å². The molecule has 0 spiro atoms. The Hall–Kier alpha value is -0.210. The second-order valence-corrected chi connectivity index (χ2v) is 9.61. The molecule has 3 nitrogen and oxygen atoms in total. The van der Waals surface area contributed by atoms with Crippen LogP contribution in [0.15, 0.2) is 12.2 Å². The highest BCUT2D eigenvalue weighted by Crippen LogP contribution is 2.11. The zero-order valence-corrected chi connectivity index (χ0v) is 19.6. The Labute approximate surface area is 171 Å². The van der Waals surface area contributed by atoms with E-state index in [9.17, 15) is 5.11 Å². The molecule has 0 atom stereocenters. The van der Waals surface area contributed by atoms with E-state index in [2.05, 4.69) is 40.2 Å². The molecule has 160 valence electrons. The molecule has 0 fully saturated rings. The molecule has 4 heteroatoms. The van der Waals surface area contributed by atoms with Crippen LogP contribution in [0.1, 0.15) is 96.8 Å². The second-order valence-electron chi connectivity index (χ2n) is 8.67. The minimum atomic E-state index is 0.231. The molecular formula is C23H46NO2P. The van der Waals surface area contributed by atoms with E-state index in [1.165, 1.54) is 77.0 Å². The quantitative estimate of drug-likeness (QED) is 0.114. The first-order valence-corrected chi connectivity index (χ1v) is 12.1. The molecule has 0 aromatic carbocycles. The van der Waals surface area contributed by atoms with Crippen molar-refractivity contribution in [2.45, 2.75) is 96.8 Å². The zero-order valence-electron chi connectivity index (χ0n) is 18.7. The number of nitrogens with zero attached hydrogens (tertiary/aromatic N) is 1. The molecule has 27 heavy (non-hydrogen) atoms. The van der Waals surface area contributed by atoms with E-state index in [-0.39, 0.29) is 5.48 Å². The summed E-state index contributed by atoms with van der Waals surface area (Å²) in [5.74, 6) is 0. The molecule has 0 heterocycles. The van der Waals surface area contributed by atoms with Crippen molar-refractivity contribution in [3.05, 3.63) is 12.2 Å². The number of quaternary nitrogens is 1. The molecule has 0 bridgehead atoms.